The van der Waals surface area contributed by atoms with Gasteiger partial charge in [0.15, 0.2) is 0 Å². The maximum Gasteiger partial charge on any atom is 0.303 e. The summed E-state index contributed by atoms with van der Waals surface area (Å²) in [7, 11) is 0. The first kappa shape index (κ1) is 17.1. The van der Waals surface area contributed by atoms with E-state index in [2.05, 4.69) is 5.32 Å². The van der Waals surface area contributed by atoms with Crippen molar-refractivity contribution in [3.63, 3.8) is 0 Å². The highest BCUT2D eigenvalue weighted by atomic mass is 19.1. The number of hydrogen-bond acceptors (Lipinski definition) is 2. The average molecular weight is 295 g/mol. The highest BCUT2D eigenvalue weighted by molar-refractivity contribution is 5.78. The number of carboxylic acids is 1. The van der Waals surface area contributed by atoms with Gasteiger partial charge in [0.05, 0.1) is 6.42 Å². The Kier molecular flexibility index (Phi) is 7.43. The first-order valence-electron chi connectivity index (χ1n) is 7.24. The molecule has 0 heterocycles. The molecule has 2 N–H and O–H groups in total. The summed E-state index contributed by atoms with van der Waals surface area (Å²) >= 11 is 0. The second kappa shape index (κ2) is 9.10. The van der Waals surface area contributed by atoms with E-state index >= 15 is 0 Å². The summed E-state index contributed by atoms with van der Waals surface area (Å²) in [6.07, 6.45) is 2.61. The smallest absolute Gasteiger partial charge is 0.303 e. The number of carbonyl (C=O) groups excluding carboxylic acids is 1. The van der Waals surface area contributed by atoms with E-state index in [0.717, 1.165) is 12.8 Å². The van der Waals surface area contributed by atoms with Gasteiger partial charge in [-0.2, -0.15) is 0 Å². The summed E-state index contributed by atoms with van der Waals surface area (Å²) in [5, 5.41) is 11.5. The molecule has 0 aromatic heterocycles. The molecule has 0 aliphatic carbocycles. The van der Waals surface area contributed by atoms with Gasteiger partial charge in [-0.3, -0.25) is 9.59 Å². The zero-order valence-electron chi connectivity index (χ0n) is 12.3. The molecule has 21 heavy (non-hydrogen) atoms. The second-order valence-corrected chi connectivity index (χ2v) is 5.15. The van der Waals surface area contributed by atoms with Crippen LogP contribution in [0.1, 0.15) is 38.2 Å². The number of hydrogen-bond donors (Lipinski definition) is 2. The Morgan fingerprint density at radius 3 is 2.71 bits per heavy atom. The van der Waals surface area contributed by atoms with Crippen LogP contribution in [0.2, 0.25) is 0 Å². The normalized spacial score (nSPS) is 11.9. The monoisotopic (exact) mass is 295 g/mol. The SMILES string of the molecule is CCC(CCNC(=O)Cc1cccc(F)c1)CCC(=O)O. The Hall–Kier alpha value is -1.91. The molecule has 0 spiro atoms. The van der Waals surface area contributed by atoms with Gasteiger partial charge in [0.1, 0.15) is 5.82 Å². The van der Waals surface area contributed by atoms with Crippen LogP contribution in [0.5, 0.6) is 0 Å². The lowest BCUT2D eigenvalue weighted by molar-refractivity contribution is -0.137. The molecule has 1 rings (SSSR count). The molecular weight excluding hydrogens is 273 g/mol. The van der Waals surface area contributed by atoms with Crippen LogP contribution in [-0.4, -0.2) is 23.5 Å². The zero-order chi connectivity index (χ0) is 15.7. The van der Waals surface area contributed by atoms with Gasteiger partial charge in [-0.05, 0) is 36.5 Å². The lowest BCUT2D eigenvalue weighted by atomic mass is 9.96. The second-order valence-electron chi connectivity index (χ2n) is 5.15. The molecule has 1 atom stereocenters. The molecule has 0 saturated carbocycles. The molecule has 1 unspecified atom stereocenters. The summed E-state index contributed by atoms with van der Waals surface area (Å²) < 4.78 is 13.0. The van der Waals surface area contributed by atoms with Crippen LogP contribution in [0, 0.1) is 11.7 Å². The Morgan fingerprint density at radius 2 is 2.10 bits per heavy atom. The number of nitrogens with one attached hydrogen (secondary N) is 1. The van der Waals surface area contributed by atoms with Crippen molar-refractivity contribution in [3.05, 3.63) is 35.6 Å². The van der Waals surface area contributed by atoms with Crippen LogP contribution in [0.25, 0.3) is 0 Å². The molecule has 1 aromatic rings. The van der Waals surface area contributed by atoms with Crippen LogP contribution >= 0.6 is 0 Å². The van der Waals surface area contributed by atoms with Gasteiger partial charge < -0.3 is 10.4 Å². The number of carbonyl (C=O) groups is 2. The molecule has 4 nitrogen and oxygen atoms in total. The number of halogens is 1. The van der Waals surface area contributed by atoms with Crippen molar-refractivity contribution >= 4 is 11.9 Å². The van der Waals surface area contributed by atoms with Crippen LogP contribution < -0.4 is 5.32 Å². The Bertz CT molecular complexity index is 476. The fraction of sp³-hybridized carbons (Fsp3) is 0.500. The number of amides is 1. The molecule has 1 aromatic carbocycles. The van der Waals surface area contributed by atoms with E-state index in [4.69, 9.17) is 5.11 Å². The number of rotatable bonds is 9. The Balaban J connectivity index is 2.27. The highest BCUT2D eigenvalue weighted by Gasteiger charge is 2.10. The lowest BCUT2D eigenvalue weighted by Crippen LogP contribution is -2.27. The quantitative estimate of drug-likeness (QED) is 0.736. The third kappa shape index (κ3) is 7.44. The number of aliphatic carboxylic acids is 1. The van der Waals surface area contributed by atoms with E-state index in [-0.39, 0.29) is 24.6 Å². The minimum Gasteiger partial charge on any atom is -0.481 e. The predicted molar refractivity (Wildman–Crippen MR) is 78.4 cm³/mol. The minimum atomic E-state index is -0.788. The van der Waals surface area contributed by atoms with Gasteiger partial charge in [0.2, 0.25) is 5.91 Å². The average Bonchev–Trinajstić information content (AvgIpc) is 2.42. The lowest BCUT2D eigenvalue weighted by Gasteiger charge is -2.14. The topological polar surface area (TPSA) is 66.4 Å². The van der Waals surface area contributed by atoms with Crippen LogP contribution in [0.15, 0.2) is 24.3 Å². The molecular formula is C16H22FNO3. The summed E-state index contributed by atoms with van der Waals surface area (Å²) in [6, 6.07) is 5.98. The zero-order valence-corrected chi connectivity index (χ0v) is 12.3. The van der Waals surface area contributed by atoms with Gasteiger partial charge in [-0.25, -0.2) is 4.39 Å². The molecule has 0 aliphatic heterocycles. The third-order valence-corrected chi connectivity index (χ3v) is 3.47. The Labute approximate surface area is 124 Å². The fourth-order valence-electron chi connectivity index (χ4n) is 2.19. The molecule has 116 valence electrons. The van der Waals surface area contributed by atoms with E-state index in [1.165, 1.54) is 12.1 Å². The summed E-state index contributed by atoms with van der Waals surface area (Å²) in [4.78, 5) is 22.3. The molecule has 0 fully saturated rings. The van der Waals surface area contributed by atoms with Gasteiger partial charge in [-0.1, -0.05) is 25.5 Å². The van der Waals surface area contributed by atoms with E-state index < -0.39 is 5.97 Å². The summed E-state index contributed by atoms with van der Waals surface area (Å²) in [5.41, 5.74) is 0.644. The van der Waals surface area contributed by atoms with Crippen molar-refractivity contribution in [3.8, 4) is 0 Å². The number of benzene rings is 1. The summed E-state index contributed by atoms with van der Waals surface area (Å²) in [6.45, 7) is 2.54. The molecule has 0 radical (unpaired) electrons. The maximum atomic E-state index is 13.0. The standard InChI is InChI=1S/C16H22FNO3/c1-2-12(6-7-16(20)21)8-9-18-15(19)11-13-4-3-5-14(17)10-13/h3-5,10,12H,2,6-9,11H2,1H3,(H,18,19)(H,20,21). The molecule has 0 bridgehead atoms. The van der Waals surface area contributed by atoms with Gasteiger partial charge in [0.25, 0.3) is 0 Å². The van der Waals surface area contributed by atoms with E-state index in [0.29, 0.717) is 24.4 Å². The first-order chi connectivity index (χ1) is 10.0. The van der Waals surface area contributed by atoms with Crippen molar-refractivity contribution in [1.82, 2.24) is 5.32 Å². The molecule has 5 heteroatoms. The van der Waals surface area contributed by atoms with Crippen molar-refractivity contribution in [2.24, 2.45) is 5.92 Å². The maximum absolute atomic E-state index is 13.0. The van der Waals surface area contributed by atoms with Gasteiger partial charge in [-0.15, -0.1) is 0 Å². The third-order valence-electron chi connectivity index (χ3n) is 3.47. The Morgan fingerprint density at radius 1 is 1.33 bits per heavy atom. The highest BCUT2D eigenvalue weighted by Crippen LogP contribution is 2.14. The summed E-state index contributed by atoms with van der Waals surface area (Å²) in [5.74, 6) is -0.979. The van der Waals surface area contributed by atoms with Gasteiger partial charge >= 0.3 is 5.97 Å². The van der Waals surface area contributed by atoms with Gasteiger partial charge in [0, 0.05) is 13.0 Å². The largest absolute Gasteiger partial charge is 0.481 e. The van der Waals surface area contributed by atoms with Crippen LogP contribution in [0.4, 0.5) is 4.39 Å². The van der Waals surface area contributed by atoms with Crippen molar-refractivity contribution in [2.45, 2.75) is 39.0 Å². The van der Waals surface area contributed by atoms with E-state index in [1.807, 2.05) is 6.92 Å². The molecule has 0 saturated heterocycles. The van der Waals surface area contributed by atoms with Crippen molar-refractivity contribution in [1.29, 1.82) is 0 Å². The van der Waals surface area contributed by atoms with Crippen LogP contribution in [-0.2, 0) is 16.0 Å². The van der Waals surface area contributed by atoms with Crippen LogP contribution in [0.3, 0.4) is 0 Å². The first-order valence-corrected chi connectivity index (χ1v) is 7.24. The molecule has 1 amide bonds. The molecule has 0 aliphatic rings. The predicted octanol–water partition coefficient (Wildman–Crippen LogP) is 2.77. The van der Waals surface area contributed by atoms with Crippen molar-refractivity contribution < 1.29 is 19.1 Å². The van der Waals surface area contributed by atoms with Crippen molar-refractivity contribution in [2.75, 3.05) is 6.54 Å². The minimum absolute atomic E-state index is 0.145. The number of carboxylic acid groups (broad SMARTS) is 1. The van der Waals surface area contributed by atoms with E-state index in [1.54, 1.807) is 12.1 Å². The van der Waals surface area contributed by atoms with E-state index in [9.17, 15) is 14.0 Å². The fourth-order valence-corrected chi connectivity index (χ4v) is 2.19.